The molecule has 0 bridgehead atoms. The molecule has 8 heteroatoms. The highest BCUT2D eigenvalue weighted by Crippen LogP contribution is 2.35. The van der Waals surface area contributed by atoms with Crippen molar-refractivity contribution in [3.05, 3.63) is 22.2 Å². The number of amides is 1. The number of carbonyl (C=O) groups excluding carboxylic acids is 1. The second-order valence-corrected chi connectivity index (χ2v) is 8.93. The lowest BCUT2D eigenvalue weighted by atomic mass is 10.2. The monoisotopic (exact) mass is 445 g/mol. The first-order chi connectivity index (χ1) is 12.3. The molecule has 0 atom stereocenters. The number of anilines is 1. The molecule has 0 saturated heterocycles. The summed E-state index contributed by atoms with van der Waals surface area (Å²) in [5.74, 6) is 0.0154. The van der Waals surface area contributed by atoms with E-state index in [0.29, 0.717) is 29.7 Å². The Balaban J connectivity index is 2.13. The summed E-state index contributed by atoms with van der Waals surface area (Å²) in [7, 11) is -3.63. The maximum absolute atomic E-state index is 12.7. The van der Waals surface area contributed by atoms with Gasteiger partial charge in [-0.1, -0.05) is 20.8 Å². The molecule has 1 aliphatic heterocycles. The van der Waals surface area contributed by atoms with Crippen molar-refractivity contribution in [3.63, 3.8) is 0 Å². The van der Waals surface area contributed by atoms with Gasteiger partial charge in [-0.05, 0) is 66.1 Å². The zero-order valence-electron chi connectivity index (χ0n) is 15.7. The van der Waals surface area contributed by atoms with Gasteiger partial charge < -0.3 is 9.80 Å². The summed E-state index contributed by atoms with van der Waals surface area (Å²) in [6.07, 6.45) is 1.91. The van der Waals surface area contributed by atoms with Crippen LogP contribution in [0, 0.1) is 0 Å². The van der Waals surface area contributed by atoms with Crippen LogP contribution < -0.4 is 9.62 Å². The van der Waals surface area contributed by atoms with Crippen LogP contribution in [0.25, 0.3) is 0 Å². The van der Waals surface area contributed by atoms with Gasteiger partial charge in [0.1, 0.15) is 0 Å². The first-order valence-corrected chi connectivity index (χ1v) is 11.5. The average Bonchev–Trinajstić information content (AvgIpc) is 3.03. The molecule has 26 heavy (non-hydrogen) atoms. The minimum Gasteiger partial charge on any atom is -0.312 e. The third kappa shape index (κ3) is 4.85. The second kappa shape index (κ2) is 9.30. The van der Waals surface area contributed by atoms with Crippen molar-refractivity contribution in [3.8, 4) is 0 Å². The molecule has 0 fully saturated rings. The lowest BCUT2D eigenvalue weighted by Gasteiger charge is -2.19. The number of benzene rings is 1. The Bertz CT molecular complexity index is 748. The molecule has 0 aromatic heterocycles. The van der Waals surface area contributed by atoms with Gasteiger partial charge in [0.15, 0.2) is 0 Å². The third-order valence-corrected chi connectivity index (χ3v) is 7.18. The van der Waals surface area contributed by atoms with E-state index in [0.717, 1.165) is 38.0 Å². The molecular weight excluding hydrogens is 418 g/mol. The third-order valence-electron chi connectivity index (χ3n) is 4.76. The molecule has 1 aromatic rings. The van der Waals surface area contributed by atoms with Gasteiger partial charge in [0, 0.05) is 29.7 Å². The van der Waals surface area contributed by atoms with Crippen LogP contribution in [-0.4, -0.2) is 51.9 Å². The highest BCUT2D eigenvalue weighted by molar-refractivity contribution is 9.10. The molecular formula is C18H28BrN3O3S. The highest BCUT2D eigenvalue weighted by Gasteiger charge is 2.28. The van der Waals surface area contributed by atoms with Crippen molar-refractivity contribution in [1.29, 1.82) is 0 Å². The number of hydrogen-bond acceptors (Lipinski definition) is 4. The zero-order chi connectivity index (χ0) is 19.3. The summed E-state index contributed by atoms with van der Waals surface area (Å²) >= 11 is 3.38. The Kier molecular flexibility index (Phi) is 7.63. The molecule has 1 amide bonds. The molecule has 0 unspecified atom stereocenters. The Morgan fingerprint density at radius 1 is 1.27 bits per heavy atom. The topological polar surface area (TPSA) is 69.7 Å². The van der Waals surface area contributed by atoms with Crippen molar-refractivity contribution in [2.75, 3.05) is 37.6 Å². The van der Waals surface area contributed by atoms with Crippen LogP contribution in [0.3, 0.4) is 0 Å². The summed E-state index contributed by atoms with van der Waals surface area (Å²) in [4.78, 5) is 16.2. The van der Waals surface area contributed by atoms with E-state index >= 15 is 0 Å². The van der Waals surface area contributed by atoms with Gasteiger partial charge in [-0.2, -0.15) is 0 Å². The molecule has 0 radical (unpaired) electrons. The fourth-order valence-corrected chi connectivity index (χ4v) is 5.35. The normalized spacial score (nSPS) is 14.1. The molecule has 1 N–H and O–H groups in total. The number of sulfonamides is 1. The number of halogens is 1. The summed E-state index contributed by atoms with van der Waals surface area (Å²) in [6.45, 7) is 9.78. The fourth-order valence-electron chi connectivity index (χ4n) is 3.17. The van der Waals surface area contributed by atoms with Crippen LogP contribution in [0.15, 0.2) is 21.5 Å². The molecule has 0 spiro atoms. The molecule has 1 aliphatic rings. The molecule has 146 valence electrons. The number of rotatable bonds is 9. The van der Waals surface area contributed by atoms with Gasteiger partial charge >= 0.3 is 0 Å². The van der Waals surface area contributed by atoms with Crippen LogP contribution in [-0.2, 0) is 21.2 Å². The van der Waals surface area contributed by atoms with E-state index in [-0.39, 0.29) is 10.8 Å². The number of nitrogens with zero attached hydrogens (tertiary/aromatic N) is 2. The smallest absolute Gasteiger partial charge is 0.241 e. The minimum absolute atomic E-state index is 0.0154. The Morgan fingerprint density at radius 3 is 2.58 bits per heavy atom. The van der Waals surface area contributed by atoms with Gasteiger partial charge in [-0.15, -0.1) is 0 Å². The van der Waals surface area contributed by atoms with Crippen molar-refractivity contribution in [2.45, 2.75) is 44.9 Å². The highest BCUT2D eigenvalue weighted by atomic mass is 79.9. The predicted octanol–water partition coefficient (Wildman–Crippen LogP) is 2.76. The second-order valence-electron chi connectivity index (χ2n) is 6.34. The van der Waals surface area contributed by atoms with Crippen molar-refractivity contribution in [2.24, 2.45) is 0 Å². The fraction of sp³-hybridized carbons (Fsp3) is 0.611. The number of nitrogens with one attached hydrogen (secondary N) is 1. The molecule has 0 aliphatic carbocycles. The standard InChI is InChI=1S/C18H28BrN3O3S/c1-4-18(23)22-11-8-14-12-15(19)17(13-16(14)22)26(24,25)20-9-7-10-21(5-2)6-3/h12-13,20H,4-11H2,1-3H3. The number of fused-ring (bicyclic) bond motifs is 1. The van der Waals surface area contributed by atoms with Crippen molar-refractivity contribution >= 4 is 37.5 Å². The van der Waals surface area contributed by atoms with E-state index in [9.17, 15) is 13.2 Å². The average molecular weight is 446 g/mol. The quantitative estimate of drug-likeness (QED) is 0.593. The molecule has 6 nitrogen and oxygen atoms in total. The molecule has 1 heterocycles. The van der Waals surface area contributed by atoms with E-state index in [1.54, 1.807) is 11.0 Å². The van der Waals surface area contributed by atoms with Crippen LogP contribution >= 0.6 is 15.9 Å². The van der Waals surface area contributed by atoms with Gasteiger partial charge in [0.05, 0.1) is 4.90 Å². The first-order valence-electron chi connectivity index (χ1n) is 9.18. The van der Waals surface area contributed by atoms with E-state index in [1.165, 1.54) is 0 Å². The van der Waals surface area contributed by atoms with E-state index in [4.69, 9.17) is 0 Å². The van der Waals surface area contributed by atoms with Gasteiger partial charge in [0.2, 0.25) is 15.9 Å². The molecule has 1 aromatic carbocycles. The lowest BCUT2D eigenvalue weighted by Crippen LogP contribution is -2.30. The Hall–Kier alpha value is -0.960. The van der Waals surface area contributed by atoms with Crippen LogP contribution in [0.4, 0.5) is 5.69 Å². The van der Waals surface area contributed by atoms with Crippen LogP contribution in [0.2, 0.25) is 0 Å². The summed E-state index contributed by atoms with van der Waals surface area (Å²) in [5, 5.41) is 0. The minimum atomic E-state index is -3.63. The molecule has 2 rings (SSSR count). The summed E-state index contributed by atoms with van der Waals surface area (Å²) < 4.78 is 28.7. The van der Waals surface area contributed by atoms with Crippen LogP contribution in [0.5, 0.6) is 0 Å². The van der Waals surface area contributed by atoms with Crippen molar-refractivity contribution < 1.29 is 13.2 Å². The largest absolute Gasteiger partial charge is 0.312 e. The Morgan fingerprint density at radius 2 is 1.96 bits per heavy atom. The Labute approximate surface area is 165 Å². The first kappa shape index (κ1) is 21.3. The molecule has 0 saturated carbocycles. The number of carbonyl (C=O) groups is 1. The van der Waals surface area contributed by atoms with E-state index in [2.05, 4.69) is 39.4 Å². The van der Waals surface area contributed by atoms with Gasteiger partial charge in [-0.25, -0.2) is 13.1 Å². The zero-order valence-corrected chi connectivity index (χ0v) is 18.1. The van der Waals surface area contributed by atoms with Crippen molar-refractivity contribution in [1.82, 2.24) is 9.62 Å². The lowest BCUT2D eigenvalue weighted by molar-refractivity contribution is -0.118. The number of hydrogen-bond donors (Lipinski definition) is 1. The maximum atomic E-state index is 12.7. The summed E-state index contributed by atoms with van der Waals surface area (Å²) in [6, 6.07) is 3.44. The van der Waals surface area contributed by atoms with Gasteiger partial charge in [-0.3, -0.25) is 4.79 Å². The SMILES string of the molecule is CCC(=O)N1CCc2cc(Br)c(S(=O)(=O)NCCCN(CC)CC)cc21. The van der Waals surface area contributed by atoms with E-state index < -0.39 is 10.0 Å². The predicted molar refractivity (Wildman–Crippen MR) is 108 cm³/mol. The van der Waals surface area contributed by atoms with E-state index in [1.807, 2.05) is 13.0 Å². The summed E-state index contributed by atoms with van der Waals surface area (Å²) in [5.41, 5.74) is 1.71. The van der Waals surface area contributed by atoms with Gasteiger partial charge in [0.25, 0.3) is 0 Å². The maximum Gasteiger partial charge on any atom is 0.241 e. The van der Waals surface area contributed by atoms with Crippen LogP contribution in [0.1, 0.15) is 39.2 Å².